The monoisotopic (exact) mass is 383 g/mol. The van der Waals surface area contributed by atoms with E-state index in [1.807, 2.05) is 18.2 Å². The molecule has 6 nitrogen and oxygen atoms in total. The number of rotatable bonds is 3. The lowest BCUT2D eigenvalue weighted by atomic mass is 10.1. The minimum atomic E-state index is -0.586. The summed E-state index contributed by atoms with van der Waals surface area (Å²) in [6, 6.07) is 11.2. The van der Waals surface area contributed by atoms with Crippen molar-refractivity contribution in [3.05, 3.63) is 61.7 Å². The first-order chi connectivity index (χ1) is 9.49. The predicted octanol–water partition coefficient (Wildman–Crippen LogP) is 3.03. The van der Waals surface area contributed by atoms with Gasteiger partial charge in [-0.1, -0.05) is 12.1 Å². The van der Waals surface area contributed by atoms with Crippen molar-refractivity contribution in [2.45, 2.75) is 0 Å². The molecule has 0 aromatic heterocycles. The first-order valence-corrected chi connectivity index (χ1v) is 6.66. The van der Waals surface area contributed by atoms with Gasteiger partial charge in [-0.15, -0.1) is 0 Å². The number of carbonyl (C=O) groups is 1. The van der Waals surface area contributed by atoms with Crippen LogP contribution in [0.4, 0.5) is 17.1 Å². The summed E-state index contributed by atoms with van der Waals surface area (Å²) in [5.74, 6) is -0.365. The van der Waals surface area contributed by atoms with Crippen LogP contribution in [0.3, 0.4) is 0 Å². The summed E-state index contributed by atoms with van der Waals surface area (Å²) in [5, 5.41) is 13.4. The number of para-hydroxylation sites is 1. The van der Waals surface area contributed by atoms with Crippen LogP contribution in [0.25, 0.3) is 0 Å². The molecule has 0 aliphatic rings. The van der Waals surface area contributed by atoms with Gasteiger partial charge in [-0.25, -0.2) is 0 Å². The Kier molecular flexibility index (Phi) is 4.18. The molecule has 7 heteroatoms. The van der Waals surface area contributed by atoms with Gasteiger partial charge in [0.2, 0.25) is 0 Å². The number of nitrogens with two attached hydrogens (primary N) is 1. The first-order valence-electron chi connectivity index (χ1n) is 5.59. The van der Waals surface area contributed by atoms with Crippen LogP contribution in [0.15, 0.2) is 42.5 Å². The van der Waals surface area contributed by atoms with E-state index in [1.165, 1.54) is 18.2 Å². The number of halogens is 1. The number of hydrogen-bond acceptors (Lipinski definition) is 4. The van der Waals surface area contributed by atoms with Crippen molar-refractivity contribution in [1.82, 2.24) is 0 Å². The first kappa shape index (κ1) is 14.3. The van der Waals surface area contributed by atoms with E-state index in [9.17, 15) is 14.9 Å². The van der Waals surface area contributed by atoms with Gasteiger partial charge in [0.15, 0.2) is 0 Å². The van der Waals surface area contributed by atoms with Crippen LogP contribution in [0, 0.1) is 13.7 Å². The van der Waals surface area contributed by atoms with Gasteiger partial charge in [0.05, 0.1) is 10.6 Å². The van der Waals surface area contributed by atoms with Gasteiger partial charge in [0.25, 0.3) is 11.6 Å². The second-order valence-corrected chi connectivity index (χ2v) is 5.13. The molecule has 0 atom stereocenters. The number of benzene rings is 2. The van der Waals surface area contributed by atoms with E-state index in [0.717, 1.165) is 3.57 Å². The van der Waals surface area contributed by atoms with Gasteiger partial charge in [0, 0.05) is 15.2 Å². The number of nitro benzene ring substituents is 1. The Morgan fingerprint density at radius 3 is 2.55 bits per heavy atom. The van der Waals surface area contributed by atoms with E-state index in [1.54, 1.807) is 6.07 Å². The summed E-state index contributed by atoms with van der Waals surface area (Å²) in [7, 11) is 0. The molecule has 0 fully saturated rings. The number of hydrogen-bond donors (Lipinski definition) is 2. The molecule has 3 N–H and O–H groups in total. The van der Waals surface area contributed by atoms with Crippen LogP contribution in [0.1, 0.15) is 10.4 Å². The highest BCUT2D eigenvalue weighted by Gasteiger charge is 2.15. The average Bonchev–Trinajstić information content (AvgIpc) is 2.40. The number of amides is 1. The SMILES string of the molecule is Nc1cc(C(=O)Nc2ccccc2I)ccc1[N+](=O)[O-]. The minimum Gasteiger partial charge on any atom is -0.393 e. The molecular formula is C13H10IN3O3. The van der Waals surface area contributed by atoms with E-state index in [4.69, 9.17) is 5.73 Å². The molecule has 102 valence electrons. The third kappa shape index (κ3) is 3.05. The molecule has 0 bridgehead atoms. The lowest BCUT2D eigenvalue weighted by Crippen LogP contribution is -2.13. The third-order valence-corrected chi connectivity index (χ3v) is 3.55. The van der Waals surface area contributed by atoms with Gasteiger partial charge in [-0.05, 0) is 46.9 Å². The van der Waals surface area contributed by atoms with E-state index in [-0.39, 0.29) is 22.8 Å². The van der Waals surface area contributed by atoms with E-state index >= 15 is 0 Å². The summed E-state index contributed by atoms with van der Waals surface area (Å²) in [6.45, 7) is 0. The molecule has 0 aliphatic heterocycles. The number of nitrogen functional groups attached to an aromatic ring is 1. The Labute approximate surface area is 128 Å². The van der Waals surface area contributed by atoms with Gasteiger partial charge in [-0.2, -0.15) is 0 Å². The number of nitrogens with one attached hydrogen (secondary N) is 1. The number of nitrogens with zero attached hydrogens (tertiary/aromatic N) is 1. The Balaban J connectivity index is 2.24. The van der Waals surface area contributed by atoms with Crippen molar-refractivity contribution in [2.24, 2.45) is 0 Å². The molecule has 0 spiro atoms. The molecule has 0 saturated heterocycles. The maximum absolute atomic E-state index is 12.1. The van der Waals surface area contributed by atoms with Crippen molar-refractivity contribution in [2.75, 3.05) is 11.1 Å². The Morgan fingerprint density at radius 1 is 1.25 bits per heavy atom. The van der Waals surface area contributed by atoms with Crippen molar-refractivity contribution in [3.8, 4) is 0 Å². The van der Waals surface area contributed by atoms with Gasteiger partial charge >= 0.3 is 0 Å². The predicted molar refractivity (Wildman–Crippen MR) is 84.6 cm³/mol. The van der Waals surface area contributed by atoms with Crippen LogP contribution in [0.2, 0.25) is 0 Å². The number of nitro groups is 1. The molecule has 2 rings (SSSR count). The fourth-order valence-electron chi connectivity index (χ4n) is 1.62. The highest BCUT2D eigenvalue weighted by molar-refractivity contribution is 14.1. The maximum atomic E-state index is 12.1. The van der Waals surface area contributed by atoms with Crippen LogP contribution in [-0.2, 0) is 0 Å². The molecule has 0 aliphatic carbocycles. The van der Waals surface area contributed by atoms with E-state index < -0.39 is 4.92 Å². The summed E-state index contributed by atoms with van der Waals surface area (Å²) in [4.78, 5) is 22.1. The van der Waals surface area contributed by atoms with Crippen molar-refractivity contribution < 1.29 is 9.72 Å². The highest BCUT2D eigenvalue weighted by Crippen LogP contribution is 2.23. The molecule has 2 aromatic carbocycles. The number of anilines is 2. The summed E-state index contributed by atoms with van der Waals surface area (Å²) >= 11 is 2.11. The highest BCUT2D eigenvalue weighted by atomic mass is 127. The molecule has 1 amide bonds. The molecule has 0 unspecified atom stereocenters. The maximum Gasteiger partial charge on any atom is 0.292 e. The quantitative estimate of drug-likeness (QED) is 0.368. The molecule has 0 heterocycles. The minimum absolute atomic E-state index is 0.0367. The van der Waals surface area contributed by atoms with E-state index in [2.05, 4.69) is 27.9 Å². The number of carbonyl (C=O) groups excluding carboxylic acids is 1. The lowest BCUT2D eigenvalue weighted by molar-refractivity contribution is -0.383. The Bertz CT molecular complexity index is 688. The fraction of sp³-hybridized carbons (Fsp3) is 0. The zero-order valence-corrected chi connectivity index (χ0v) is 12.3. The summed E-state index contributed by atoms with van der Waals surface area (Å²) < 4.78 is 0.897. The molecule has 0 saturated carbocycles. The standard InChI is InChI=1S/C13H10IN3O3/c14-9-3-1-2-4-11(9)16-13(18)8-5-6-12(17(19)20)10(15)7-8/h1-7H,15H2,(H,16,18). The van der Waals surface area contributed by atoms with Crippen molar-refractivity contribution >= 4 is 45.6 Å². The second kappa shape index (κ2) is 5.87. The Hall–Kier alpha value is -2.16. The van der Waals surface area contributed by atoms with Gasteiger partial charge in [-0.3, -0.25) is 14.9 Å². The summed E-state index contributed by atoms with van der Waals surface area (Å²) in [6.07, 6.45) is 0. The van der Waals surface area contributed by atoms with Crippen molar-refractivity contribution in [3.63, 3.8) is 0 Å². The van der Waals surface area contributed by atoms with Crippen LogP contribution in [-0.4, -0.2) is 10.8 Å². The molecule has 0 radical (unpaired) electrons. The van der Waals surface area contributed by atoms with E-state index in [0.29, 0.717) is 5.69 Å². The Morgan fingerprint density at radius 2 is 1.95 bits per heavy atom. The fourth-order valence-corrected chi connectivity index (χ4v) is 2.14. The third-order valence-electron chi connectivity index (χ3n) is 2.61. The molecule has 2 aromatic rings. The van der Waals surface area contributed by atoms with Gasteiger partial charge < -0.3 is 11.1 Å². The largest absolute Gasteiger partial charge is 0.393 e. The lowest BCUT2D eigenvalue weighted by Gasteiger charge is -2.07. The molecule has 20 heavy (non-hydrogen) atoms. The smallest absolute Gasteiger partial charge is 0.292 e. The van der Waals surface area contributed by atoms with Crippen LogP contribution in [0.5, 0.6) is 0 Å². The van der Waals surface area contributed by atoms with Crippen LogP contribution < -0.4 is 11.1 Å². The zero-order valence-electron chi connectivity index (χ0n) is 10.2. The molecular weight excluding hydrogens is 373 g/mol. The van der Waals surface area contributed by atoms with Gasteiger partial charge in [0.1, 0.15) is 5.69 Å². The second-order valence-electron chi connectivity index (χ2n) is 3.96. The normalized spacial score (nSPS) is 10.1. The van der Waals surface area contributed by atoms with Crippen molar-refractivity contribution in [1.29, 1.82) is 0 Å². The zero-order chi connectivity index (χ0) is 14.7. The topological polar surface area (TPSA) is 98.3 Å². The van der Waals surface area contributed by atoms with Crippen LogP contribution >= 0.6 is 22.6 Å². The summed E-state index contributed by atoms with van der Waals surface area (Å²) in [5.41, 5.74) is 6.26. The average molecular weight is 383 g/mol.